The van der Waals surface area contributed by atoms with Crippen LogP contribution in [-0.4, -0.2) is 4.92 Å². The maximum Gasteiger partial charge on any atom is 0.269 e. The standard InChI is InChI=1S/C32H27N2O3P/c35-34(36)28-23-21-27(22-24-28)32(33-31(25-13-5-1-6-14-25)26-15-7-2-8-16-26)38(37,29-17-9-3-10-18-29)30-19-11-4-12-20-30/h1-24,31-33H/t32-/m1/s1. The topological polar surface area (TPSA) is 72.2 Å². The highest BCUT2D eigenvalue weighted by Crippen LogP contribution is 2.56. The summed E-state index contributed by atoms with van der Waals surface area (Å²) in [5, 5.41) is 16.6. The molecule has 5 rings (SSSR count). The van der Waals surface area contributed by atoms with Crippen LogP contribution in [0, 0.1) is 10.1 Å². The number of hydrogen-bond donors (Lipinski definition) is 1. The van der Waals surface area contributed by atoms with Crippen molar-refractivity contribution in [2.45, 2.75) is 11.8 Å². The maximum atomic E-state index is 15.5. The minimum absolute atomic E-state index is 0.00979. The Morgan fingerprint density at radius 3 is 1.34 bits per heavy atom. The maximum absolute atomic E-state index is 15.5. The fourth-order valence-electron chi connectivity index (χ4n) is 4.77. The fraction of sp³-hybridized carbons (Fsp3) is 0.0625. The molecule has 0 bridgehead atoms. The molecular weight excluding hydrogens is 491 g/mol. The van der Waals surface area contributed by atoms with Crippen molar-refractivity contribution >= 4 is 23.4 Å². The van der Waals surface area contributed by atoms with Gasteiger partial charge >= 0.3 is 0 Å². The molecule has 1 atom stereocenters. The number of nitro benzene ring substituents is 1. The number of hydrogen-bond acceptors (Lipinski definition) is 4. The Bertz CT molecular complexity index is 1450. The molecule has 0 saturated heterocycles. The quantitative estimate of drug-likeness (QED) is 0.130. The molecule has 5 aromatic carbocycles. The lowest BCUT2D eigenvalue weighted by atomic mass is 9.98. The third kappa shape index (κ3) is 5.21. The highest BCUT2D eigenvalue weighted by atomic mass is 31.2. The van der Waals surface area contributed by atoms with Crippen molar-refractivity contribution < 1.29 is 9.49 Å². The predicted molar refractivity (Wildman–Crippen MR) is 153 cm³/mol. The van der Waals surface area contributed by atoms with Crippen LogP contribution >= 0.6 is 7.14 Å². The molecule has 5 nitrogen and oxygen atoms in total. The van der Waals surface area contributed by atoms with Crippen LogP contribution in [0.4, 0.5) is 5.69 Å². The Hall–Kier alpha value is -4.31. The van der Waals surface area contributed by atoms with E-state index in [1.807, 2.05) is 121 Å². The number of non-ortho nitro benzene ring substituents is 1. The third-order valence-electron chi connectivity index (χ3n) is 6.65. The van der Waals surface area contributed by atoms with Crippen molar-refractivity contribution in [1.29, 1.82) is 0 Å². The average Bonchev–Trinajstić information content (AvgIpc) is 2.99. The summed E-state index contributed by atoms with van der Waals surface area (Å²) in [6.45, 7) is 0. The lowest BCUT2D eigenvalue weighted by Crippen LogP contribution is -2.33. The summed E-state index contributed by atoms with van der Waals surface area (Å²) in [6, 6.07) is 45.2. The number of nitrogens with zero attached hydrogens (tertiary/aromatic N) is 1. The Kier molecular flexibility index (Phi) is 7.60. The Labute approximate surface area is 222 Å². The van der Waals surface area contributed by atoms with Crippen LogP contribution in [0.1, 0.15) is 28.5 Å². The molecule has 1 N–H and O–H groups in total. The van der Waals surface area contributed by atoms with E-state index in [1.165, 1.54) is 12.1 Å². The van der Waals surface area contributed by atoms with Crippen molar-refractivity contribution in [3.8, 4) is 0 Å². The van der Waals surface area contributed by atoms with Gasteiger partial charge in [-0.25, -0.2) is 0 Å². The zero-order valence-electron chi connectivity index (χ0n) is 20.6. The summed E-state index contributed by atoms with van der Waals surface area (Å²) in [5.74, 6) is -0.668. The third-order valence-corrected chi connectivity index (χ3v) is 9.96. The van der Waals surface area contributed by atoms with Crippen LogP contribution in [0.25, 0.3) is 0 Å². The van der Waals surface area contributed by atoms with E-state index in [1.54, 1.807) is 12.1 Å². The summed E-state index contributed by atoms with van der Waals surface area (Å²) >= 11 is 0. The van der Waals surface area contributed by atoms with Gasteiger partial charge in [0.15, 0.2) is 7.14 Å². The van der Waals surface area contributed by atoms with E-state index in [-0.39, 0.29) is 11.7 Å². The van der Waals surface area contributed by atoms with E-state index < -0.39 is 17.8 Å². The fourth-order valence-corrected chi connectivity index (χ4v) is 7.84. The molecule has 0 heterocycles. The number of nitro groups is 1. The first-order chi connectivity index (χ1) is 18.6. The van der Waals surface area contributed by atoms with Crippen molar-refractivity contribution in [2.75, 3.05) is 0 Å². The van der Waals surface area contributed by atoms with E-state index in [9.17, 15) is 10.1 Å². The van der Waals surface area contributed by atoms with Crippen LogP contribution in [-0.2, 0) is 4.57 Å². The van der Waals surface area contributed by atoms with Gasteiger partial charge in [0.1, 0.15) is 0 Å². The Morgan fingerprint density at radius 2 is 0.947 bits per heavy atom. The van der Waals surface area contributed by atoms with Crippen molar-refractivity contribution in [3.05, 3.63) is 172 Å². The van der Waals surface area contributed by atoms with Gasteiger partial charge in [0.2, 0.25) is 0 Å². The molecule has 0 aliphatic rings. The molecule has 0 aromatic heterocycles. The first kappa shape index (κ1) is 25.3. The molecule has 0 fully saturated rings. The van der Waals surface area contributed by atoms with E-state index >= 15 is 4.57 Å². The lowest BCUT2D eigenvalue weighted by molar-refractivity contribution is -0.384. The molecule has 0 aliphatic heterocycles. The molecule has 5 aromatic rings. The number of nitrogens with one attached hydrogen (secondary N) is 1. The van der Waals surface area contributed by atoms with Crippen LogP contribution in [0.15, 0.2) is 146 Å². The monoisotopic (exact) mass is 518 g/mol. The molecule has 0 unspecified atom stereocenters. The van der Waals surface area contributed by atoms with Gasteiger partial charge in [0.05, 0.1) is 16.7 Å². The second kappa shape index (κ2) is 11.4. The van der Waals surface area contributed by atoms with Crippen molar-refractivity contribution in [1.82, 2.24) is 5.32 Å². The van der Waals surface area contributed by atoms with E-state index in [2.05, 4.69) is 5.32 Å². The van der Waals surface area contributed by atoms with Gasteiger partial charge < -0.3 is 4.57 Å². The van der Waals surface area contributed by atoms with Crippen LogP contribution < -0.4 is 15.9 Å². The molecule has 6 heteroatoms. The predicted octanol–water partition coefficient (Wildman–Crippen LogP) is 6.99. The molecule has 0 spiro atoms. The van der Waals surface area contributed by atoms with Crippen LogP contribution in [0.5, 0.6) is 0 Å². The van der Waals surface area contributed by atoms with Crippen molar-refractivity contribution in [2.24, 2.45) is 0 Å². The van der Waals surface area contributed by atoms with Gasteiger partial charge in [-0.05, 0) is 16.7 Å². The Morgan fingerprint density at radius 1 is 0.553 bits per heavy atom. The van der Waals surface area contributed by atoms with Gasteiger partial charge in [-0.1, -0.05) is 133 Å². The largest absolute Gasteiger partial charge is 0.312 e. The van der Waals surface area contributed by atoms with Gasteiger partial charge in [0, 0.05) is 22.7 Å². The molecule has 0 amide bonds. The zero-order chi connectivity index (χ0) is 26.4. The molecule has 0 saturated carbocycles. The van der Waals surface area contributed by atoms with E-state index in [0.717, 1.165) is 11.1 Å². The summed E-state index contributed by atoms with van der Waals surface area (Å²) in [4.78, 5) is 11.0. The average molecular weight is 519 g/mol. The zero-order valence-corrected chi connectivity index (χ0v) is 21.5. The first-order valence-corrected chi connectivity index (χ1v) is 14.2. The second-order valence-corrected chi connectivity index (χ2v) is 11.9. The van der Waals surface area contributed by atoms with E-state index in [0.29, 0.717) is 16.2 Å². The highest BCUT2D eigenvalue weighted by Gasteiger charge is 2.39. The first-order valence-electron chi connectivity index (χ1n) is 12.4. The smallest absolute Gasteiger partial charge is 0.269 e. The minimum atomic E-state index is -3.37. The van der Waals surface area contributed by atoms with E-state index in [4.69, 9.17) is 0 Å². The number of rotatable bonds is 9. The van der Waals surface area contributed by atoms with Crippen LogP contribution in [0.2, 0.25) is 0 Å². The minimum Gasteiger partial charge on any atom is -0.312 e. The molecular formula is C32H27N2O3P. The summed E-state index contributed by atoms with van der Waals surface area (Å²) in [6.07, 6.45) is 0. The van der Waals surface area contributed by atoms with Crippen LogP contribution in [0.3, 0.4) is 0 Å². The molecule has 0 radical (unpaired) electrons. The van der Waals surface area contributed by atoms with Gasteiger partial charge in [0.25, 0.3) is 5.69 Å². The normalized spacial score (nSPS) is 12.2. The second-order valence-electron chi connectivity index (χ2n) is 9.00. The molecule has 38 heavy (non-hydrogen) atoms. The SMILES string of the molecule is O=[N+]([O-])c1ccc([C@H](NC(c2ccccc2)c2ccccc2)P(=O)(c2ccccc2)c2ccccc2)cc1. The van der Waals surface area contributed by atoms with Gasteiger partial charge in [-0.2, -0.15) is 0 Å². The highest BCUT2D eigenvalue weighted by molar-refractivity contribution is 7.79. The molecule has 0 aliphatic carbocycles. The Balaban J connectivity index is 1.73. The molecule has 188 valence electrons. The summed E-state index contributed by atoms with van der Waals surface area (Å²) in [5.41, 5.74) is 2.75. The lowest BCUT2D eigenvalue weighted by Gasteiger charge is -2.34. The van der Waals surface area contributed by atoms with Gasteiger partial charge in [-0.15, -0.1) is 0 Å². The number of benzene rings is 5. The summed E-state index contributed by atoms with van der Waals surface area (Å²) < 4.78 is 15.5. The summed E-state index contributed by atoms with van der Waals surface area (Å²) in [7, 11) is -3.37. The van der Waals surface area contributed by atoms with Gasteiger partial charge in [-0.3, -0.25) is 15.4 Å². The van der Waals surface area contributed by atoms with Crippen molar-refractivity contribution in [3.63, 3.8) is 0 Å².